The number of hydrogen-bond donors (Lipinski definition) is 2. The fraction of sp³-hybridized carbons (Fsp3) is 0.600. The quantitative estimate of drug-likeness (QED) is 0.813. The van der Waals surface area contributed by atoms with Crippen LogP contribution in [0.15, 0.2) is 23.1 Å². The lowest BCUT2D eigenvalue weighted by atomic mass is 10.0. The van der Waals surface area contributed by atoms with Gasteiger partial charge in [0.2, 0.25) is 10.0 Å². The Bertz CT molecular complexity index is 539. The minimum atomic E-state index is -3.39. The smallest absolute Gasteiger partial charge is 0.240 e. The molecule has 0 aliphatic carbocycles. The van der Waals surface area contributed by atoms with E-state index in [1.807, 2.05) is 13.0 Å². The third-order valence-corrected chi connectivity index (χ3v) is 4.78. The number of aryl methyl sites for hydroxylation is 1. The van der Waals surface area contributed by atoms with E-state index in [2.05, 4.69) is 30.8 Å². The van der Waals surface area contributed by atoms with Crippen molar-refractivity contribution in [1.82, 2.24) is 4.72 Å². The maximum Gasteiger partial charge on any atom is 0.240 e. The van der Waals surface area contributed by atoms with Crippen LogP contribution in [0.25, 0.3) is 0 Å². The van der Waals surface area contributed by atoms with E-state index in [1.165, 1.54) is 7.05 Å². The average Bonchev–Trinajstić information content (AvgIpc) is 2.38. The number of benzene rings is 1. The van der Waals surface area contributed by atoms with Gasteiger partial charge in [-0.15, -0.1) is 0 Å². The van der Waals surface area contributed by atoms with Gasteiger partial charge < -0.3 is 5.32 Å². The first kappa shape index (κ1) is 17.0. The first-order chi connectivity index (χ1) is 9.26. The van der Waals surface area contributed by atoms with Crippen molar-refractivity contribution in [2.45, 2.75) is 51.5 Å². The highest BCUT2D eigenvalue weighted by Gasteiger charge is 2.14. The Kier molecular flexibility index (Phi) is 6.02. The zero-order chi connectivity index (χ0) is 15.3. The van der Waals surface area contributed by atoms with Gasteiger partial charge in [0, 0.05) is 11.7 Å². The van der Waals surface area contributed by atoms with Crippen LogP contribution >= 0.6 is 0 Å². The predicted octanol–water partition coefficient (Wildman–Crippen LogP) is 3.14. The van der Waals surface area contributed by atoms with Gasteiger partial charge in [-0.05, 0) is 57.4 Å². The second kappa shape index (κ2) is 7.09. The van der Waals surface area contributed by atoms with Crippen LogP contribution in [0.3, 0.4) is 0 Å². The van der Waals surface area contributed by atoms with Gasteiger partial charge in [0.25, 0.3) is 0 Å². The van der Waals surface area contributed by atoms with Gasteiger partial charge in [0.1, 0.15) is 0 Å². The Morgan fingerprint density at radius 3 is 2.35 bits per heavy atom. The van der Waals surface area contributed by atoms with E-state index in [0.29, 0.717) is 16.9 Å². The van der Waals surface area contributed by atoms with Crippen molar-refractivity contribution in [1.29, 1.82) is 0 Å². The van der Waals surface area contributed by atoms with E-state index in [-0.39, 0.29) is 0 Å². The number of nitrogens with one attached hydrogen (secondary N) is 2. The van der Waals surface area contributed by atoms with Gasteiger partial charge in [-0.25, -0.2) is 13.1 Å². The molecule has 0 bridgehead atoms. The van der Waals surface area contributed by atoms with Crippen LogP contribution in [0.2, 0.25) is 0 Å². The lowest BCUT2D eigenvalue weighted by Gasteiger charge is -2.18. The summed E-state index contributed by atoms with van der Waals surface area (Å²) in [7, 11) is -1.96. The molecule has 0 aliphatic rings. The monoisotopic (exact) mass is 298 g/mol. The first-order valence-electron chi connectivity index (χ1n) is 7.07. The zero-order valence-corrected chi connectivity index (χ0v) is 13.8. The first-order valence-corrected chi connectivity index (χ1v) is 8.55. The summed E-state index contributed by atoms with van der Waals surface area (Å²) in [5.74, 6) is 0.677. The van der Waals surface area contributed by atoms with Crippen LogP contribution in [0.4, 0.5) is 5.69 Å². The summed E-state index contributed by atoms with van der Waals surface area (Å²) in [6.45, 7) is 8.52. The van der Waals surface area contributed by atoms with Crippen molar-refractivity contribution in [2.75, 3.05) is 12.4 Å². The van der Waals surface area contributed by atoms with E-state index in [0.717, 1.165) is 24.1 Å². The van der Waals surface area contributed by atoms with Crippen LogP contribution in [-0.4, -0.2) is 21.5 Å². The highest BCUT2D eigenvalue weighted by Crippen LogP contribution is 2.22. The molecule has 1 unspecified atom stereocenters. The lowest BCUT2D eigenvalue weighted by Crippen LogP contribution is -2.20. The third-order valence-electron chi connectivity index (χ3n) is 3.37. The molecule has 0 amide bonds. The number of rotatable bonds is 7. The molecule has 0 aromatic heterocycles. The second-order valence-corrected chi connectivity index (χ2v) is 7.59. The fourth-order valence-electron chi connectivity index (χ4n) is 1.96. The maximum absolute atomic E-state index is 11.8. The molecule has 0 saturated heterocycles. The third kappa shape index (κ3) is 4.80. The van der Waals surface area contributed by atoms with Crippen LogP contribution in [0, 0.1) is 12.8 Å². The van der Waals surface area contributed by atoms with E-state index in [9.17, 15) is 8.42 Å². The zero-order valence-electron chi connectivity index (χ0n) is 13.0. The highest BCUT2D eigenvalue weighted by atomic mass is 32.2. The Labute approximate surface area is 123 Å². The van der Waals surface area contributed by atoms with E-state index < -0.39 is 10.0 Å². The molecule has 4 nitrogen and oxygen atoms in total. The van der Waals surface area contributed by atoms with Gasteiger partial charge in [-0.3, -0.25) is 0 Å². The minimum Gasteiger partial charge on any atom is -0.382 e. The van der Waals surface area contributed by atoms with Crippen molar-refractivity contribution in [3.8, 4) is 0 Å². The van der Waals surface area contributed by atoms with Crippen LogP contribution in [0.5, 0.6) is 0 Å². The van der Waals surface area contributed by atoms with Crippen LogP contribution in [-0.2, 0) is 10.0 Å². The highest BCUT2D eigenvalue weighted by molar-refractivity contribution is 7.89. The molecule has 0 radical (unpaired) electrons. The number of sulfonamides is 1. The summed E-state index contributed by atoms with van der Waals surface area (Å²) in [5.41, 5.74) is 1.94. The van der Waals surface area contributed by atoms with Crippen LogP contribution < -0.4 is 10.0 Å². The molecule has 0 aliphatic heterocycles. The SMILES string of the molecule is CNS(=O)(=O)c1ccc(C)c(NC(C)CCC(C)C)c1. The Hall–Kier alpha value is -1.07. The van der Waals surface area contributed by atoms with Crippen molar-refractivity contribution < 1.29 is 8.42 Å². The van der Waals surface area contributed by atoms with Crippen molar-refractivity contribution in [2.24, 2.45) is 5.92 Å². The summed E-state index contributed by atoms with van der Waals surface area (Å²) in [5, 5.41) is 3.41. The molecule has 0 saturated carbocycles. The minimum absolute atomic E-state index is 0.296. The molecule has 1 rings (SSSR count). The summed E-state index contributed by atoms with van der Waals surface area (Å²) >= 11 is 0. The average molecular weight is 298 g/mol. The molecule has 1 aromatic carbocycles. The summed E-state index contributed by atoms with van der Waals surface area (Å²) < 4.78 is 26.0. The molecule has 20 heavy (non-hydrogen) atoms. The number of anilines is 1. The molecule has 1 aromatic rings. The summed E-state index contributed by atoms with van der Waals surface area (Å²) in [6, 6.07) is 5.49. The molecule has 1 atom stereocenters. The Morgan fingerprint density at radius 1 is 1.15 bits per heavy atom. The summed E-state index contributed by atoms with van der Waals surface area (Å²) in [4.78, 5) is 0.296. The molecule has 114 valence electrons. The summed E-state index contributed by atoms with van der Waals surface area (Å²) in [6.07, 6.45) is 2.22. The molecule has 2 N–H and O–H groups in total. The molecule has 0 spiro atoms. The topological polar surface area (TPSA) is 58.2 Å². The molecular weight excluding hydrogens is 272 g/mol. The normalized spacial score (nSPS) is 13.5. The largest absolute Gasteiger partial charge is 0.382 e. The maximum atomic E-state index is 11.8. The van der Waals surface area contributed by atoms with Gasteiger partial charge >= 0.3 is 0 Å². The Morgan fingerprint density at radius 2 is 1.80 bits per heavy atom. The standard InChI is InChI=1S/C15H26N2O2S/c1-11(2)6-8-13(4)17-15-10-14(9-7-12(15)3)20(18,19)16-5/h7,9-11,13,16-17H,6,8H2,1-5H3. The van der Waals surface area contributed by atoms with Crippen LogP contribution in [0.1, 0.15) is 39.2 Å². The van der Waals surface area contributed by atoms with Gasteiger partial charge in [0.15, 0.2) is 0 Å². The predicted molar refractivity (Wildman–Crippen MR) is 84.6 cm³/mol. The lowest BCUT2D eigenvalue weighted by molar-refractivity contribution is 0.527. The Balaban J connectivity index is 2.87. The number of hydrogen-bond acceptors (Lipinski definition) is 3. The van der Waals surface area contributed by atoms with Crippen molar-refractivity contribution in [3.63, 3.8) is 0 Å². The van der Waals surface area contributed by atoms with E-state index >= 15 is 0 Å². The second-order valence-electron chi connectivity index (χ2n) is 5.70. The molecule has 0 fully saturated rings. The fourth-order valence-corrected chi connectivity index (χ4v) is 2.72. The van der Waals surface area contributed by atoms with Gasteiger partial charge in [-0.2, -0.15) is 0 Å². The van der Waals surface area contributed by atoms with Gasteiger partial charge in [0.05, 0.1) is 4.90 Å². The molecule has 5 heteroatoms. The van der Waals surface area contributed by atoms with E-state index in [1.54, 1.807) is 12.1 Å². The van der Waals surface area contributed by atoms with E-state index in [4.69, 9.17) is 0 Å². The van der Waals surface area contributed by atoms with Gasteiger partial charge in [-0.1, -0.05) is 19.9 Å². The molecule has 0 heterocycles. The molecular formula is C15H26N2O2S. The van der Waals surface area contributed by atoms with Crippen molar-refractivity contribution >= 4 is 15.7 Å². The van der Waals surface area contributed by atoms with Crippen molar-refractivity contribution in [3.05, 3.63) is 23.8 Å².